The summed E-state index contributed by atoms with van der Waals surface area (Å²) >= 11 is 0. The summed E-state index contributed by atoms with van der Waals surface area (Å²) < 4.78 is 0. The topological polar surface area (TPSA) is 58.1 Å². The maximum atomic E-state index is 12.6. The van der Waals surface area contributed by atoms with Crippen molar-refractivity contribution >= 4 is 28.3 Å². The van der Waals surface area contributed by atoms with Crippen LogP contribution in [0, 0.1) is 13.8 Å². The van der Waals surface area contributed by atoms with Gasteiger partial charge in [0.1, 0.15) is 0 Å². The lowest BCUT2D eigenvalue weighted by Crippen LogP contribution is -2.17. The quantitative estimate of drug-likeness (QED) is 0.776. The lowest BCUT2D eigenvalue weighted by atomic mass is 10.1. The Balaban J connectivity index is 1.52. The number of anilines is 2. The smallest absolute Gasteiger partial charge is 0.255 e. The molecule has 1 aliphatic heterocycles. The van der Waals surface area contributed by atoms with Crippen LogP contribution < -0.4 is 10.2 Å². The van der Waals surface area contributed by atoms with Crippen LogP contribution in [0.5, 0.6) is 0 Å². The largest absolute Gasteiger partial charge is 0.372 e. The molecule has 0 unspecified atom stereocenters. The Bertz CT molecular complexity index is 960. The highest BCUT2D eigenvalue weighted by Gasteiger charge is 2.13. The van der Waals surface area contributed by atoms with Gasteiger partial charge >= 0.3 is 0 Å². The highest BCUT2D eigenvalue weighted by Crippen LogP contribution is 2.22. The van der Waals surface area contributed by atoms with Crippen LogP contribution in [0.4, 0.5) is 11.4 Å². The maximum Gasteiger partial charge on any atom is 0.255 e. The SMILES string of the molecule is Cc1nc2ccc(C(=O)Nc3ccc(N4CCCC4)cc3)cc2nc1C. The Morgan fingerprint density at radius 1 is 0.923 bits per heavy atom. The van der Waals surface area contributed by atoms with Gasteiger partial charge in [-0.25, -0.2) is 9.97 Å². The molecular weight excluding hydrogens is 324 g/mol. The molecule has 0 spiro atoms. The van der Waals surface area contributed by atoms with E-state index in [0.717, 1.165) is 41.2 Å². The summed E-state index contributed by atoms with van der Waals surface area (Å²) in [7, 11) is 0. The molecule has 5 heteroatoms. The predicted octanol–water partition coefficient (Wildman–Crippen LogP) is 4.10. The summed E-state index contributed by atoms with van der Waals surface area (Å²) in [5.41, 5.74) is 5.93. The standard InChI is InChI=1S/C21H22N4O/c1-14-15(2)23-20-13-16(5-10-19(20)22-14)21(26)24-17-6-8-18(9-7-17)25-11-3-4-12-25/h5-10,13H,3-4,11-12H2,1-2H3,(H,24,26). The molecule has 5 nitrogen and oxygen atoms in total. The van der Waals surface area contributed by atoms with Gasteiger partial charge in [-0.3, -0.25) is 4.79 Å². The molecule has 0 radical (unpaired) electrons. The van der Waals surface area contributed by atoms with E-state index in [-0.39, 0.29) is 5.91 Å². The van der Waals surface area contributed by atoms with Crippen molar-refractivity contribution in [2.24, 2.45) is 0 Å². The normalized spacial score (nSPS) is 14.0. The minimum Gasteiger partial charge on any atom is -0.372 e. The number of benzene rings is 2. The number of nitrogens with zero attached hydrogens (tertiary/aromatic N) is 3. The van der Waals surface area contributed by atoms with E-state index in [0.29, 0.717) is 5.56 Å². The molecule has 132 valence electrons. The summed E-state index contributed by atoms with van der Waals surface area (Å²) in [6, 6.07) is 13.5. The van der Waals surface area contributed by atoms with Gasteiger partial charge in [-0.2, -0.15) is 0 Å². The van der Waals surface area contributed by atoms with Crippen molar-refractivity contribution in [2.75, 3.05) is 23.3 Å². The molecule has 1 saturated heterocycles. The zero-order valence-electron chi connectivity index (χ0n) is 15.1. The van der Waals surface area contributed by atoms with Crippen LogP contribution in [0.25, 0.3) is 11.0 Å². The van der Waals surface area contributed by atoms with Gasteiger partial charge in [0.05, 0.1) is 22.4 Å². The minimum absolute atomic E-state index is 0.138. The first kappa shape index (κ1) is 16.5. The third-order valence-electron chi connectivity index (χ3n) is 4.93. The summed E-state index contributed by atoms with van der Waals surface area (Å²) in [5, 5.41) is 2.96. The second kappa shape index (κ2) is 6.75. The molecule has 0 atom stereocenters. The number of hydrogen-bond acceptors (Lipinski definition) is 4. The number of carbonyl (C=O) groups excluding carboxylic acids is 1. The molecule has 2 aromatic carbocycles. The third kappa shape index (κ3) is 3.25. The van der Waals surface area contributed by atoms with E-state index in [2.05, 4.69) is 32.3 Å². The van der Waals surface area contributed by atoms with E-state index in [9.17, 15) is 4.79 Å². The number of amides is 1. The van der Waals surface area contributed by atoms with Gasteiger partial charge in [-0.1, -0.05) is 0 Å². The number of aromatic nitrogens is 2. The fraction of sp³-hybridized carbons (Fsp3) is 0.286. The molecule has 1 aliphatic rings. The molecule has 1 amide bonds. The second-order valence-electron chi connectivity index (χ2n) is 6.79. The van der Waals surface area contributed by atoms with Gasteiger partial charge in [0.2, 0.25) is 0 Å². The Hall–Kier alpha value is -2.95. The molecule has 2 heterocycles. The monoisotopic (exact) mass is 346 g/mol. The van der Waals surface area contributed by atoms with Gasteiger partial charge < -0.3 is 10.2 Å². The molecule has 26 heavy (non-hydrogen) atoms. The molecule has 1 fully saturated rings. The third-order valence-corrected chi connectivity index (χ3v) is 4.93. The Kier molecular flexibility index (Phi) is 4.29. The van der Waals surface area contributed by atoms with Crippen LogP contribution in [0.2, 0.25) is 0 Å². The number of rotatable bonds is 3. The van der Waals surface area contributed by atoms with E-state index in [1.165, 1.54) is 18.5 Å². The van der Waals surface area contributed by atoms with Gasteiger partial charge in [-0.15, -0.1) is 0 Å². The van der Waals surface area contributed by atoms with Crippen LogP contribution in [-0.2, 0) is 0 Å². The number of nitrogens with one attached hydrogen (secondary N) is 1. The second-order valence-corrected chi connectivity index (χ2v) is 6.79. The lowest BCUT2D eigenvalue weighted by molar-refractivity contribution is 0.102. The lowest BCUT2D eigenvalue weighted by Gasteiger charge is -2.17. The molecule has 1 N–H and O–H groups in total. The highest BCUT2D eigenvalue weighted by atomic mass is 16.1. The predicted molar refractivity (Wildman–Crippen MR) is 105 cm³/mol. The van der Waals surface area contributed by atoms with Gasteiger partial charge in [0.15, 0.2) is 0 Å². The van der Waals surface area contributed by atoms with Crippen molar-refractivity contribution in [3.05, 3.63) is 59.4 Å². The zero-order valence-corrected chi connectivity index (χ0v) is 15.1. The van der Waals surface area contributed by atoms with Crippen LogP contribution in [-0.4, -0.2) is 29.0 Å². The van der Waals surface area contributed by atoms with Crippen molar-refractivity contribution in [3.63, 3.8) is 0 Å². The number of fused-ring (bicyclic) bond motifs is 1. The first-order chi connectivity index (χ1) is 12.6. The fourth-order valence-corrected chi connectivity index (χ4v) is 3.31. The van der Waals surface area contributed by atoms with Crippen LogP contribution in [0.1, 0.15) is 34.6 Å². The minimum atomic E-state index is -0.138. The van der Waals surface area contributed by atoms with Crippen LogP contribution in [0.15, 0.2) is 42.5 Å². The van der Waals surface area contributed by atoms with E-state index in [1.807, 2.05) is 32.0 Å². The highest BCUT2D eigenvalue weighted by molar-refractivity contribution is 6.05. The van der Waals surface area contributed by atoms with Crippen molar-refractivity contribution in [1.29, 1.82) is 0 Å². The molecule has 0 saturated carbocycles. The van der Waals surface area contributed by atoms with Gasteiger partial charge in [0.25, 0.3) is 5.91 Å². The van der Waals surface area contributed by atoms with E-state index in [1.54, 1.807) is 12.1 Å². The zero-order chi connectivity index (χ0) is 18.1. The molecule has 0 aliphatic carbocycles. The van der Waals surface area contributed by atoms with Crippen LogP contribution in [0.3, 0.4) is 0 Å². The van der Waals surface area contributed by atoms with Gasteiger partial charge in [-0.05, 0) is 69.2 Å². The summed E-state index contributed by atoms with van der Waals surface area (Å²) in [4.78, 5) is 24.0. The molecule has 0 bridgehead atoms. The molecule has 3 aromatic rings. The van der Waals surface area contributed by atoms with Gasteiger partial charge in [0, 0.05) is 30.0 Å². The van der Waals surface area contributed by atoms with Crippen LogP contribution >= 0.6 is 0 Å². The van der Waals surface area contributed by atoms with Crippen molar-refractivity contribution in [1.82, 2.24) is 9.97 Å². The molecule has 4 rings (SSSR count). The summed E-state index contributed by atoms with van der Waals surface area (Å²) in [6.45, 7) is 6.09. The van der Waals surface area contributed by atoms with E-state index in [4.69, 9.17) is 0 Å². The average molecular weight is 346 g/mol. The number of aryl methyl sites for hydroxylation is 2. The average Bonchev–Trinajstić information content (AvgIpc) is 3.17. The first-order valence-corrected chi connectivity index (χ1v) is 9.01. The Morgan fingerprint density at radius 3 is 2.27 bits per heavy atom. The fourth-order valence-electron chi connectivity index (χ4n) is 3.31. The Labute approximate surface area is 153 Å². The van der Waals surface area contributed by atoms with Crippen molar-refractivity contribution < 1.29 is 4.79 Å². The number of carbonyl (C=O) groups is 1. The maximum absolute atomic E-state index is 12.6. The summed E-state index contributed by atoms with van der Waals surface area (Å²) in [5.74, 6) is -0.138. The number of hydrogen-bond donors (Lipinski definition) is 1. The molecular formula is C21H22N4O. The summed E-state index contributed by atoms with van der Waals surface area (Å²) in [6.07, 6.45) is 2.50. The molecule has 1 aromatic heterocycles. The first-order valence-electron chi connectivity index (χ1n) is 9.01. The Morgan fingerprint density at radius 2 is 1.58 bits per heavy atom. The van der Waals surface area contributed by atoms with E-state index >= 15 is 0 Å². The van der Waals surface area contributed by atoms with Crippen molar-refractivity contribution in [2.45, 2.75) is 26.7 Å². The van der Waals surface area contributed by atoms with E-state index < -0.39 is 0 Å². The van der Waals surface area contributed by atoms with Crippen molar-refractivity contribution in [3.8, 4) is 0 Å².